The van der Waals surface area contributed by atoms with Gasteiger partial charge >= 0.3 is 5.97 Å². The number of methoxy groups -OCH3 is 1. The van der Waals surface area contributed by atoms with E-state index in [2.05, 4.69) is 4.74 Å². The van der Waals surface area contributed by atoms with E-state index in [1.807, 2.05) is 26.0 Å². The van der Waals surface area contributed by atoms with Crippen LogP contribution in [0.4, 0.5) is 0 Å². The van der Waals surface area contributed by atoms with Gasteiger partial charge in [-0.05, 0) is 6.07 Å². The van der Waals surface area contributed by atoms with Crippen molar-refractivity contribution in [1.82, 2.24) is 0 Å². The van der Waals surface area contributed by atoms with Crippen molar-refractivity contribution in [1.29, 1.82) is 0 Å². The van der Waals surface area contributed by atoms with Crippen molar-refractivity contribution in [3.05, 3.63) is 29.8 Å². The minimum absolute atomic E-state index is 0. The summed E-state index contributed by atoms with van der Waals surface area (Å²) < 4.78 is 4.58. The zero-order valence-corrected chi connectivity index (χ0v) is 7.63. The predicted octanol–water partition coefficient (Wildman–Crippen LogP) is -1.92. The molecule has 0 aliphatic carbocycles. The van der Waals surface area contributed by atoms with Crippen molar-refractivity contribution < 1.29 is 20.5 Å². The van der Waals surface area contributed by atoms with Crippen LogP contribution in [0.1, 0.15) is 10.4 Å². The van der Waals surface area contributed by atoms with E-state index in [4.69, 9.17) is 0 Å². The third-order valence-electron chi connectivity index (χ3n) is 1.55. The second kappa shape index (κ2) is 6.22. The summed E-state index contributed by atoms with van der Waals surface area (Å²) in [6, 6.07) is 7.34. The molecule has 1 aromatic rings. The number of ether oxygens (including phenoxy) is 1. The molecular formula is C8H13BO4. The van der Waals surface area contributed by atoms with Crippen LogP contribution in [0.3, 0.4) is 0 Å². The molecule has 4 N–H and O–H groups in total. The summed E-state index contributed by atoms with van der Waals surface area (Å²) in [7, 11) is 3.26. The molecule has 0 heterocycles. The number of benzene rings is 1. The number of esters is 1. The van der Waals surface area contributed by atoms with Gasteiger partial charge in [0.2, 0.25) is 0 Å². The molecule has 72 valence electrons. The molecule has 0 amide bonds. The number of rotatable bonds is 1. The molecule has 0 bridgehead atoms. The average molecular weight is 184 g/mol. The Kier molecular flexibility index (Phi) is 6.80. The smallest absolute Gasteiger partial charge is 0.337 e. The SMILES string of the molecule is Bc1ccccc1C(=O)OC.O.O. The maximum absolute atomic E-state index is 11.0. The molecule has 0 fully saturated rings. The molecule has 0 unspecified atom stereocenters. The highest BCUT2D eigenvalue weighted by Crippen LogP contribution is 1.95. The molecule has 13 heavy (non-hydrogen) atoms. The van der Waals surface area contributed by atoms with Crippen LogP contribution in [0, 0.1) is 0 Å². The van der Waals surface area contributed by atoms with Crippen molar-refractivity contribution in [3.8, 4) is 0 Å². The van der Waals surface area contributed by atoms with E-state index in [1.165, 1.54) is 7.11 Å². The second-order valence-electron chi connectivity index (χ2n) is 2.31. The molecule has 0 saturated carbocycles. The lowest BCUT2D eigenvalue weighted by molar-refractivity contribution is 0.0602. The molecule has 0 aliphatic rings. The van der Waals surface area contributed by atoms with Crippen LogP contribution in [0.25, 0.3) is 0 Å². The normalized spacial score (nSPS) is 7.77. The fourth-order valence-electron chi connectivity index (χ4n) is 0.912. The molecule has 0 aliphatic heterocycles. The first-order valence-electron chi connectivity index (χ1n) is 3.39. The Morgan fingerprint density at radius 1 is 1.31 bits per heavy atom. The minimum Gasteiger partial charge on any atom is -0.465 e. The van der Waals surface area contributed by atoms with Gasteiger partial charge in [-0.15, -0.1) is 0 Å². The Balaban J connectivity index is 0. The van der Waals surface area contributed by atoms with Gasteiger partial charge in [-0.1, -0.05) is 23.7 Å². The third-order valence-corrected chi connectivity index (χ3v) is 1.55. The Morgan fingerprint density at radius 2 is 1.85 bits per heavy atom. The summed E-state index contributed by atoms with van der Waals surface area (Å²) in [5, 5.41) is 0. The first-order valence-corrected chi connectivity index (χ1v) is 3.39. The van der Waals surface area contributed by atoms with Gasteiger partial charge in [-0.2, -0.15) is 0 Å². The van der Waals surface area contributed by atoms with E-state index < -0.39 is 0 Å². The molecule has 5 heteroatoms. The van der Waals surface area contributed by atoms with Crippen LogP contribution in [0.2, 0.25) is 0 Å². The van der Waals surface area contributed by atoms with E-state index in [-0.39, 0.29) is 16.9 Å². The van der Waals surface area contributed by atoms with Gasteiger partial charge < -0.3 is 15.7 Å². The Morgan fingerprint density at radius 3 is 2.31 bits per heavy atom. The Bertz CT molecular complexity index is 275. The van der Waals surface area contributed by atoms with Gasteiger partial charge in [-0.25, -0.2) is 4.79 Å². The van der Waals surface area contributed by atoms with Gasteiger partial charge in [-0.3, -0.25) is 0 Å². The maximum Gasteiger partial charge on any atom is 0.337 e. The minimum atomic E-state index is -0.275. The molecular weight excluding hydrogens is 171 g/mol. The summed E-state index contributed by atoms with van der Waals surface area (Å²) in [6.45, 7) is 0. The van der Waals surface area contributed by atoms with Gasteiger partial charge in [0.1, 0.15) is 7.85 Å². The van der Waals surface area contributed by atoms with Crippen molar-refractivity contribution in [2.24, 2.45) is 0 Å². The summed E-state index contributed by atoms with van der Waals surface area (Å²) in [6.07, 6.45) is 0. The van der Waals surface area contributed by atoms with E-state index >= 15 is 0 Å². The summed E-state index contributed by atoms with van der Waals surface area (Å²) in [4.78, 5) is 11.0. The number of carbonyl (C=O) groups excluding carboxylic acids is 1. The largest absolute Gasteiger partial charge is 0.465 e. The van der Waals surface area contributed by atoms with Crippen LogP contribution in [0.5, 0.6) is 0 Å². The fourth-order valence-corrected chi connectivity index (χ4v) is 0.912. The molecule has 0 atom stereocenters. The number of carbonyl (C=O) groups is 1. The molecule has 1 aromatic carbocycles. The monoisotopic (exact) mass is 184 g/mol. The van der Waals surface area contributed by atoms with Crippen molar-refractivity contribution in [2.45, 2.75) is 0 Å². The highest BCUT2D eigenvalue weighted by Gasteiger charge is 2.05. The first kappa shape index (κ1) is 14.2. The summed E-state index contributed by atoms with van der Waals surface area (Å²) in [5.74, 6) is -0.275. The maximum atomic E-state index is 11.0. The molecule has 0 radical (unpaired) electrons. The van der Waals surface area contributed by atoms with E-state index in [9.17, 15) is 4.79 Å². The molecule has 0 aromatic heterocycles. The quantitative estimate of drug-likeness (QED) is 0.376. The van der Waals surface area contributed by atoms with Crippen LogP contribution in [-0.4, -0.2) is 31.9 Å². The first-order chi connectivity index (χ1) is 5.25. The van der Waals surface area contributed by atoms with Crippen LogP contribution < -0.4 is 5.46 Å². The second-order valence-corrected chi connectivity index (χ2v) is 2.31. The highest BCUT2D eigenvalue weighted by molar-refractivity contribution is 6.36. The standard InChI is InChI=1S/C8H9BO2.2H2O/c1-11-8(10)6-4-2-3-5-7(6)9;;/h2-5H,9H2,1H3;2*1H2. The van der Waals surface area contributed by atoms with Gasteiger partial charge in [0.25, 0.3) is 0 Å². The third kappa shape index (κ3) is 3.27. The average Bonchev–Trinajstić information content (AvgIpc) is 2.04. The van der Waals surface area contributed by atoms with Gasteiger partial charge in [0.15, 0.2) is 0 Å². The zero-order valence-electron chi connectivity index (χ0n) is 7.63. The lowest BCUT2D eigenvalue weighted by atomic mass is 9.91. The van der Waals surface area contributed by atoms with E-state index in [0.717, 1.165) is 5.46 Å². The molecule has 4 nitrogen and oxygen atoms in total. The van der Waals surface area contributed by atoms with E-state index in [0.29, 0.717) is 5.56 Å². The lowest BCUT2D eigenvalue weighted by Crippen LogP contribution is -2.16. The van der Waals surface area contributed by atoms with Crippen molar-refractivity contribution in [3.63, 3.8) is 0 Å². The topological polar surface area (TPSA) is 89.3 Å². The zero-order chi connectivity index (χ0) is 8.27. The van der Waals surface area contributed by atoms with E-state index in [1.54, 1.807) is 6.07 Å². The summed E-state index contributed by atoms with van der Waals surface area (Å²) in [5.41, 5.74) is 1.58. The van der Waals surface area contributed by atoms with Gasteiger partial charge in [0.05, 0.1) is 12.7 Å². The molecule has 1 rings (SSSR count). The predicted molar refractivity (Wildman–Crippen MR) is 53.2 cm³/mol. The molecule has 0 spiro atoms. The molecule has 0 saturated heterocycles. The number of hydrogen-bond donors (Lipinski definition) is 0. The Labute approximate surface area is 77.5 Å². The Hall–Kier alpha value is -1.33. The van der Waals surface area contributed by atoms with Crippen molar-refractivity contribution >= 4 is 19.3 Å². The van der Waals surface area contributed by atoms with Gasteiger partial charge in [0, 0.05) is 0 Å². The lowest BCUT2D eigenvalue weighted by Gasteiger charge is -2.01. The van der Waals surface area contributed by atoms with Crippen LogP contribution in [-0.2, 0) is 4.74 Å². The summed E-state index contributed by atoms with van der Waals surface area (Å²) >= 11 is 0. The van der Waals surface area contributed by atoms with Crippen LogP contribution in [0.15, 0.2) is 24.3 Å². The van der Waals surface area contributed by atoms with Crippen LogP contribution >= 0.6 is 0 Å². The van der Waals surface area contributed by atoms with Crippen molar-refractivity contribution in [2.75, 3.05) is 7.11 Å². The highest BCUT2D eigenvalue weighted by atomic mass is 16.5. The number of hydrogen-bond acceptors (Lipinski definition) is 2. The fraction of sp³-hybridized carbons (Fsp3) is 0.125.